The van der Waals surface area contributed by atoms with Gasteiger partial charge in [-0.2, -0.15) is 0 Å². The van der Waals surface area contributed by atoms with Gasteiger partial charge >= 0.3 is 5.97 Å². The molecule has 0 rings (SSSR count). The number of carbonyl (C=O) groups excluding carboxylic acids is 3. The van der Waals surface area contributed by atoms with Crippen LogP contribution in [0.1, 0.15) is 71.1 Å². The maximum atomic E-state index is 11.9. The highest BCUT2D eigenvalue weighted by molar-refractivity contribution is 5.95. The van der Waals surface area contributed by atoms with Crippen LogP contribution in [-0.4, -0.2) is 56.0 Å². The second-order valence-corrected chi connectivity index (χ2v) is 7.75. The van der Waals surface area contributed by atoms with Crippen molar-refractivity contribution in [3.8, 4) is 0 Å². The van der Waals surface area contributed by atoms with E-state index in [1.165, 1.54) is 25.7 Å². The van der Waals surface area contributed by atoms with E-state index in [4.69, 9.17) is 4.74 Å². The number of hydrogen-bond acceptors (Lipinski definition) is 5. The molecule has 0 radical (unpaired) electrons. The number of carboxylic acid groups (broad SMARTS) is 1. The Morgan fingerprint density at radius 3 is 2.04 bits per heavy atom. The first-order chi connectivity index (χ1) is 11.6. The van der Waals surface area contributed by atoms with E-state index in [0.717, 1.165) is 19.3 Å². The van der Waals surface area contributed by atoms with E-state index in [2.05, 4.69) is 6.92 Å². The van der Waals surface area contributed by atoms with Gasteiger partial charge in [-0.1, -0.05) is 45.4 Å². The standard InChI is InChI=1S/C19H35NO5/c1-5-6-7-8-9-10-11-12-16(21)13-19(24)25-17(14-18(22)23)15-20(2,3)4/h17H,5-15H2,1-4H3. The van der Waals surface area contributed by atoms with Crippen molar-refractivity contribution in [2.45, 2.75) is 77.2 Å². The topological polar surface area (TPSA) is 83.5 Å². The number of rotatable bonds is 15. The number of Topliss-reactive ketones (excluding diaryl/α,β-unsaturated/α-hetero) is 1. The molecule has 0 aliphatic heterocycles. The fourth-order valence-corrected chi connectivity index (χ4v) is 2.70. The Morgan fingerprint density at radius 2 is 1.52 bits per heavy atom. The van der Waals surface area contributed by atoms with Crippen molar-refractivity contribution < 1.29 is 28.7 Å². The van der Waals surface area contributed by atoms with Crippen LogP contribution in [0.15, 0.2) is 0 Å². The van der Waals surface area contributed by atoms with Gasteiger partial charge in [0.1, 0.15) is 18.7 Å². The number of aliphatic carboxylic acids is 1. The quantitative estimate of drug-likeness (QED) is 0.193. The van der Waals surface area contributed by atoms with Gasteiger partial charge in [0.2, 0.25) is 0 Å². The Labute approximate surface area is 152 Å². The average molecular weight is 357 g/mol. The number of likely N-dealkylation sites (N-methyl/N-ethyl adjacent to an activating group) is 1. The van der Waals surface area contributed by atoms with E-state index in [1.807, 2.05) is 21.1 Å². The van der Waals surface area contributed by atoms with Crippen molar-refractivity contribution in [1.29, 1.82) is 0 Å². The van der Waals surface area contributed by atoms with E-state index in [0.29, 0.717) is 17.4 Å². The predicted octanol–water partition coefficient (Wildman–Crippen LogP) is 1.84. The number of hydrogen-bond donors (Lipinski definition) is 0. The van der Waals surface area contributed by atoms with Crippen LogP contribution < -0.4 is 5.11 Å². The summed E-state index contributed by atoms with van der Waals surface area (Å²) in [6.45, 7) is 2.53. The number of carbonyl (C=O) groups is 3. The van der Waals surface area contributed by atoms with E-state index < -0.39 is 18.0 Å². The minimum atomic E-state index is -1.26. The van der Waals surface area contributed by atoms with Crippen LogP contribution >= 0.6 is 0 Å². The predicted molar refractivity (Wildman–Crippen MR) is 94.6 cm³/mol. The number of esters is 1. The number of unbranched alkanes of at least 4 members (excludes halogenated alkanes) is 6. The van der Waals surface area contributed by atoms with Crippen LogP contribution in [0, 0.1) is 0 Å². The SMILES string of the molecule is CCCCCCCCCC(=O)CC(=O)OC(CC(=O)[O-])C[N+](C)(C)C. The fraction of sp³-hybridized carbons (Fsp3) is 0.842. The molecule has 1 atom stereocenters. The zero-order valence-corrected chi connectivity index (χ0v) is 16.3. The Bertz CT molecular complexity index is 415. The third-order valence-corrected chi connectivity index (χ3v) is 3.84. The van der Waals surface area contributed by atoms with Gasteiger partial charge < -0.3 is 19.1 Å². The lowest BCUT2D eigenvalue weighted by molar-refractivity contribution is -0.873. The summed E-state index contributed by atoms with van der Waals surface area (Å²) < 4.78 is 5.64. The third kappa shape index (κ3) is 15.8. The second kappa shape index (κ2) is 12.9. The lowest BCUT2D eigenvalue weighted by atomic mass is 10.1. The van der Waals surface area contributed by atoms with Crippen molar-refractivity contribution in [1.82, 2.24) is 0 Å². The van der Waals surface area contributed by atoms with E-state index >= 15 is 0 Å². The first-order valence-corrected chi connectivity index (χ1v) is 9.35. The molecule has 0 fully saturated rings. The van der Waals surface area contributed by atoms with Gasteiger partial charge in [-0.3, -0.25) is 9.59 Å². The number of nitrogens with zero attached hydrogens (tertiary/aromatic N) is 1. The van der Waals surface area contributed by atoms with Gasteiger partial charge in [0.15, 0.2) is 6.10 Å². The first-order valence-electron chi connectivity index (χ1n) is 9.35. The Hall–Kier alpha value is -1.43. The molecular weight excluding hydrogens is 322 g/mol. The van der Waals surface area contributed by atoms with E-state index in [9.17, 15) is 19.5 Å². The highest BCUT2D eigenvalue weighted by Gasteiger charge is 2.23. The zero-order valence-electron chi connectivity index (χ0n) is 16.3. The summed E-state index contributed by atoms with van der Waals surface area (Å²) in [6.07, 6.45) is 6.78. The molecule has 0 aromatic carbocycles. The molecule has 0 saturated carbocycles. The average Bonchev–Trinajstić information content (AvgIpc) is 2.43. The molecular formula is C19H35NO5. The van der Waals surface area contributed by atoms with Gasteiger partial charge in [-0.25, -0.2) is 0 Å². The summed E-state index contributed by atoms with van der Waals surface area (Å²) in [6, 6.07) is 0. The van der Waals surface area contributed by atoms with Gasteiger partial charge in [-0.15, -0.1) is 0 Å². The number of ether oxygens (including phenoxy) is 1. The van der Waals surface area contributed by atoms with Crippen LogP contribution in [0.3, 0.4) is 0 Å². The Morgan fingerprint density at radius 1 is 0.960 bits per heavy atom. The summed E-state index contributed by atoms with van der Waals surface area (Å²) in [4.78, 5) is 34.5. The molecule has 0 aliphatic rings. The highest BCUT2D eigenvalue weighted by atomic mass is 16.5. The van der Waals surface area contributed by atoms with Crippen molar-refractivity contribution in [3.63, 3.8) is 0 Å². The molecule has 25 heavy (non-hydrogen) atoms. The number of ketones is 1. The van der Waals surface area contributed by atoms with Crippen molar-refractivity contribution in [3.05, 3.63) is 0 Å². The van der Waals surface area contributed by atoms with Crippen LogP contribution in [0.25, 0.3) is 0 Å². The van der Waals surface area contributed by atoms with Crippen LogP contribution in [0.4, 0.5) is 0 Å². The monoisotopic (exact) mass is 357 g/mol. The van der Waals surface area contributed by atoms with E-state index in [1.54, 1.807) is 0 Å². The van der Waals surface area contributed by atoms with E-state index in [-0.39, 0.29) is 18.6 Å². The molecule has 0 heterocycles. The van der Waals surface area contributed by atoms with Crippen LogP contribution in [0.5, 0.6) is 0 Å². The number of quaternary nitrogens is 1. The molecule has 1 unspecified atom stereocenters. The largest absolute Gasteiger partial charge is 0.550 e. The summed E-state index contributed by atoms with van der Waals surface area (Å²) in [5, 5.41) is 10.8. The maximum absolute atomic E-state index is 11.9. The summed E-state index contributed by atoms with van der Waals surface area (Å²) in [5.41, 5.74) is 0. The second-order valence-electron chi connectivity index (χ2n) is 7.75. The lowest BCUT2D eigenvalue weighted by Gasteiger charge is -2.29. The molecule has 6 nitrogen and oxygen atoms in total. The van der Waals surface area contributed by atoms with Crippen LogP contribution in [-0.2, 0) is 19.1 Å². The van der Waals surface area contributed by atoms with Crippen molar-refractivity contribution in [2.24, 2.45) is 0 Å². The first kappa shape index (κ1) is 23.6. The molecule has 0 aromatic heterocycles. The molecule has 6 heteroatoms. The highest BCUT2D eigenvalue weighted by Crippen LogP contribution is 2.10. The minimum absolute atomic E-state index is 0.143. The van der Waals surface area contributed by atoms with Gasteiger partial charge in [0, 0.05) is 18.8 Å². The minimum Gasteiger partial charge on any atom is -0.550 e. The molecule has 0 N–H and O–H groups in total. The molecule has 0 aliphatic carbocycles. The van der Waals surface area contributed by atoms with Gasteiger partial charge in [0.25, 0.3) is 0 Å². The summed E-state index contributed by atoms with van der Waals surface area (Å²) >= 11 is 0. The zero-order chi connectivity index (χ0) is 19.3. The molecule has 146 valence electrons. The molecule has 0 spiro atoms. The summed E-state index contributed by atoms with van der Waals surface area (Å²) in [5.74, 6) is -2.05. The maximum Gasteiger partial charge on any atom is 0.313 e. The smallest absolute Gasteiger partial charge is 0.313 e. The molecule has 0 aromatic rings. The molecule has 0 amide bonds. The normalized spacial score (nSPS) is 12.6. The summed E-state index contributed by atoms with van der Waals surface area (Å²) in [7, 11) is 5.63. The number of carboxylic acids is 1. The van der Waals surface area contributed by atoms with Crippen molar-refractivity contribution in [2.75, 3.05) is 27.7 Å². The fourth-order valence-electron chi connectivity index (χ4n) is 2.70. The molecule has 0 saturated heterocycles. The Kier molecular flexibility index (Phi) is 12.1. The van der Waals surface area contributed by atoms with Crippen LogP contribution in [0.2, 0.25) is 0 Å². The third-order valence-electron chi connectivity index (χ3n) is 3.84. The van der Waals surface area contributed by atoms with Crippen molar-refractivity contribution >= 4 is 17.7 Å². The van der Waals surface area contributed by atoms with Gasteiger partial charge in [-0.05, 0) is 6.42 Å². The lowest BCUT2D eigenvalue weighted by Crippen LogP contribution is -2.45. The Balaban J connectivity index is 4.06. The molecule has 0 bridgehead atoms. The van der Waals surface area contributed by atoms with Gasteiger partial charge in [0.05, 0.1) is 21.1 Å².